The van der Waals surface area contributed by atoms with Gasteiger partial charge in [0.2, 0.25) is 5.91 Å². The highest BCUT2D eigenvalue weighted by atomic mass is 32.1. The lowest BCUT2D eigenvalue weighted by Crippen LogP contribution is -2.45. The molecule has 6 nitrogen and oxygen atoms in total. The Morgan fingerprint density at radius 1 is 1.21 bits per heavy atom. The van der Waals surface area contributed by atoms with Crippen LogP contribution in [0.1, 0.15) is 38.5 Å². The Bertz CT molecular complexity index is 872. The summed E-state index contributed by atoms with van der Waals surface area (Å²) in [5.41, 5.74) is 0.755. The van der Waals surface area contributed by atoms with Crippen molar-refractivity contribution in [3.05, 3.63) is 40.0 Å². The normalized spacial score (nSPS) is 25.1. The van der Waals surface area contributed by atoms with Crippen LogP contribution in [0.15, 0.2) is 34.4 Å². The fourth-order valence-corrected chi connectivity index (χ4v) is 5.29. The van der Waals surface area contributed by atoms with E-state index in [0.717, 1.165) is 62.2 Å². The van der Waals surface area contributed by atoms with Crippen molar-refractivity contribution in [3.63, 3.8) is 0 Å². The molecular formula is C22H29N3O3S. The number of methoxy groups -OCH3 is 1. The zero-order valence-electron chi connectivity index (χ0n) is 17.0. The van der Waals surface area contributed by atoms with Gasteiger partial charge in [0.25, 0.3) is 5.56 Å². The van der Waals surface area contributed by atoms with E-state index in [1.165, 1.54) is 0 Å². The van der Waals surface area contributed by atoms with E-state index in [9.17, 15) is 9.59 Å². The van der Waals surface area contributed by atoms with Gasteiger partial charge in [-0.3, -0.25) is 9.59 Å². The standard InChI is InChI=1S/C22H29N3O3S/c1-28-18-8-6-17(7-9-18)22(27)24-12-2-4-16(14-24)15-25-21(26)11-10-19(23-25)20-5-3-13-29-20/h3,5,10-11,13,16-18H,2,4,6-9,12,14-15H2,1H3/t16-,17?,18?/m1/s1. The van der Waals surface area contributed by atoms with Gasteiger partial charge < -0.3 is 9.64 Å². The Morgan fingerprint density at radius 2 is 2.03 bits per heavy atom. The van der Waals surface area contributed by atoms with E-state index >= 15 is 0 Å². The molecule has 1 aliphatic carbocycles. The van der Waals surface area contributed by atoms with Crippen molar-refractivity contribution in [3.8, 4) is 10.6 Å². The molecule has 0 unspecified atom stereocenters. The molecule has 0 N–H and O–H groups in total. The van der Waals surface area contributed by atoms with E-state index < -0.39 is 0 Å². The molecule has 1 atom stereocenters. The minimum atomic E-state index is -0.0772. The first kappa shape index (κ1) is 20.3. The van der Waals surface area contributed by atoms with E-state index in [-0.39, 0.29) is 23.3 Å². The molecule has 0 bridgehead atoms. The lowest BCUT2D eigenvalue weighted by atomic mass is 9.85. The smallest absolute Gasteiger partial charge is 0.266 e. The first-order valence-corrected chi connectivity index (χ1v) is 11.5. The molecule has 2 aromatic heterocycles. The summed E-state index contributed by atoms with van der Waals surface area (Å²) in [5, 5.41) is 6.59. The van der Waals surface area contributed by atoms with Crippen molar-refractivity contribution in [2.75, 3.05) is 20.2 Å². The van der Waals surface area contributed by atoms with Crippen molar-refractivity contribution in [1.82, 2.24) is 14.7 Å². The number of thiophene rings is 1. The van der Waals surface area contributed by atoms with Gasteiger partial charge in [-0.25, -0.2) is 4.68 Å². The molecule has 3 heterocycles. The van der Waals surface area contributed by atoms with Crippen molar-refractivity contribution in [1.29, 1.82) is 0 Å². The van der Waals surface area contributed by atoms with Gasteiger partial charge in [0.15, 0.2) is 0 Å². The second-order valence-electron chi connectivity index (χ2n) is 8.22. The molecule has 1 saturated carbocycles. The highest BCUT2D eigenvalue weighted by molar-refractivity contribution is 7.13. The molecule has 1 saturated heterocycles. The zero-order valence-corrected chi connectivity index (χ0v) is 17.8. The number of hydrogen-bond acceptors (Lipinski definition) is 5. The van der Waals surface area contributed by atoms with Crippen LogP contribution in [0.25, 0.3) is 10.6 Å². The number of carbonyl (C=O) groups is 1. The van der Waals surface area contributed by atoms with Crippen LogP contribution in [0, 0.1) is 11.8 Å². The summed E-state index contributed by atoms with van der Waals surface area (Å²) in [5.74, 6) is 0.687. The number of nitrogens with zero attached hydrogens (tertiary/aromatic N) is 3. The number of amides is 1. The molecule has 156 valence electrons. The minimum Gasteiger partial charge on any atom is -0.381 e. The number of hydrogen-bond donors (Lipinski definition) is 0. The number of ether oxygens (including phenoxy) is 1. The highest BCUT2D eigenvalue weighted by Gasteiger charge is 2.32. The third-order valence-corrected chi connectivity index (χ3v) is 7.15. The van der Waals surface area contributed by atoms with Gasteiger partial charge >= 0.3 is 0 Å². The van der Waals surface area contributed by atoms with Crippen LogP contribution < -0.4 is 5.56 Å². The maximum atomic E-state index is 13.0. The first-order chi connectivity index (χ1) is 14.1. The van der Waals surface area contributed by atoms with Crippen molar-refractivity contribution in [2.45, 2.75) is 51.2 Å². The van der Waals surface area contributed by atoms with Gasteiger partial charge in [0.05, 0.1) is 11.0 Å². The molecule has 2 aliphatic rings. The van der Waals surface area contributed by atoms with Crippen molar-refractivity contribution < 1.29 is 9.53 Å². The number of aromatic nitrogens is 2. The summed E-state index contributed by atoms with van der Waals surface area (Å²) < 4.78 is 7.01. The van der Waals surface area contributed by atoms with E-state index in [2.05, 4.69) is 5.10 Å². The molecule has 0 aromatic carbocycles. The van der Waals surface area contributed by atoms with Gasteiger partial charge in [0.1, 0.15) is 5.69 Å². The largest absolute Gasteiger partial charge is 0.381 e. The number of piperidine rings is 1. The second kappa shape index (κ2) is 9.22. The summed E-state index contributed by atoms with van der Waals surface area (Å²) in [4.78, 5) is 28.5. The van der Waals surface area contributed by atoms with Crippen LogP contribution in [0.5, 0.6) is 0 Å². The molecule has 2 fully saturated rings. The highest BCUT2D eigenvalue weighted by Crippen LogP contribution is 2.29. The van der Waals surface area contributed by atoms with Gasteiger partial charge in [0, 0.05) is 38.7 Å². The number of carbonyl (C=O) groups excluding carboxylic acids is 1. The molecule has 2 aromatic rings. The molecule has 1 aliphatic heterocycles. The van der Waals surface area contributed by atoms with Crippen molar-refractivity contribution >= 4 is 17.2 Å². The third kappa shape index (κ3) is 4.78. The van der Waals surface area contributed by atoms with Crippen LogP contribution in [-0.2, 0) is 16.1 Å². The van der Waals surface area contributed by atoms with Gasteiger partial charge in [-0.05, 0) is 62.0 Å². The summed E-state index contributed by atoms with van der Waals surface area (Å²) >= 11 is 1.62. The molecule has 1 amide bonds. The van der Waals surface area contributed by atoms with Gasteiger partial charge in [-0.2, -0.15) is 5.10 Å². The fourth-order valence-electron chi connectivity index (χ4n) is 4.60. The Hall–Kier alpha value is -1.99. The quantitative estimate of drug-likeness (QED) is 0.751. The van der Waals surface area contributed by atoms with Crippen LogP contribution in [0.4, 0.5) is 0 Å². The van der Waals surface area contributed by atoms with E-state index in [4.69, 9.17) is 4.74 Å². The van der Waals surface area contributed by atoms with Crippen LogP contribution in [0.2, 0.25) is 0 Å². The summed E-state index contributed by atoms with van der Waals surface area (Å²) in [6.45, 7) is 2.12. The lowest BCUT2D eigenvalue weighted by Gasteiger charge is -2.36. The fraction of sp³-hybridized carbons (Fsp3) is 0.591. The predicted octanol–water partition coefficient (Wildman–Crippen LogP) is 3.42. The maximum Gasteiger partial charge on any atom is 0.266 e. The van der Waals surface area contributed by atoms with Gasteiger partial charge in [-0.15, -0.1) is 11.3 Å². The van der Waals surface area contributed by atoms with Gasteiger partial charge in [-0.1, -0.05) is 6.07 Å². The lowest BCUT2D eigenvalue weighted by molar-refractivity contribution is -0.139. The SMILES string of the molecule is COC1CCC(C(=O)N2CCC[C@@H](Cn3nc(-c4cccs4)ccc3=O)C2)CC1. The molecule has 29 heavy (non-hydrogen) atoms. The average Bonchev–Trinajstić information content (AvgIpc) is 3.30. The predicted molar refractivity (Wildman–Crippen MR) is 114 cm³/mol. The van der Waals surface area contributed by atoms with Crippen LogP contribution in [-0.4, -0.2) is 46.9 Å². The third-order valence-electron chi connectivity index (χ3n) is 6.26. The summed E-state index contributed by atoms with van der Waals surface area (Å²) in [7, 11) is 1.76. The zero-order chi connectivity index (χ0) is 20.2. The first-order valence-electron chi connectivity index (χ1n) is 10.6. The van der Waals surface area contributed by atoms with Crippen LogP contribution in [0.3, 0.4) is 0 Å². The number of rotatable bonds is 5. The van der Waals surface area contributed by atoms with E-state index in [1.54, 1.807) is 35.3 Å². The minimum absolute atomic E-state index is 0.0772. The molecule has 0 spiro atoms. The Balaban J connectivity index is 1.40. The Labute approximate surface area is 175 Å². The van der Waals surface area contributed by atoms with Crippen LogP contribution >= 0.6 is 11.3 Å². The van der Waals surface area contributed by atoms with Crippen molar-refractivity contribution in [2.24, 2.45) is 11.8 Å². The average molecular weight is 416 g/mol. The maximum absolute atomic E-state index is 13.0. The topological polar surface area (TPSA) is 64.4 Å². The van der Waals surface area contributed by atoms with E-state index in [1.807, 2.05) is 22.4 Å². The number of likely N-dealkylation sites (tertiary alicyclic amines) is 1. The Morgan fingerprint density at radius 3 is 2.76 bits per heavy atom. The summed E-state index contributed by atoms with van der Waals surface area (Å²) in [6.07, 6.45) is 6.10. The molecule has 7 heteroatoms. The molecule has 4 rings (SSSR count). The van der Waals surface area contributed by atoms with E-state index in [0.29, 0.717) is 12.6 Å². The Kier molecular flexibility index (Phi) is 6.45. The molecular weight excluding hydrogens is 386 g/mol. The second-order valence-corrected chi connectivity index (χ2v) is 9.17. The monoisotopic (exact) mass is 415 g/mol. The molecule has 0 radical (unpaired) electrons. The summed E-state index contributed by atoms with van der Waals surface area (Å²) in [6, 6.07) is 7.39.